The van der Waals surface area contributed by atoms with E-state index in [-0.39, 0.29) is 17.8 Å². The fourth-order valence-corrected chi connectivity index (χ4v) is 4.75. The second-order valence-corrected chi connectivity index (χ2v) is 8.72. The molecular weight excluding hydrogens is 375 g/mol. The lowest BCUT2D eigenvalue weighted by molar-refractivity contribution is -0.134. The van der Waals surface area contributed by atoms with E-state index in [0.29, 0.717) is 5.91 Å². The number of likely N-dealkylation sites (tertiary alicyclic amines) is 1. The van der Waals surface area contributed by atoms with E-state index in [1.165, 1.54) is 25.0 Å². The Kier molecular flexibility index (Phi) is 8.01. The third-order valence-electron chi connectivity index (χ3n) is 5.46. The maximum Gasteiger partial charge on any atom is 0.225 e. The van der Waals surface area contributed by atoms with E-state index in [0.717, 1.165) is 61.9 Å². The summed E-state index contributed by atoms with van der Waals surface area (Å²) in [5, 5.41) is 6.81. The third kappa shape index (κ3) is 6.12. The van der Waals surface area contributed by atoms with Crippen molar-refractivity contribution >= 4 is 23.6 Å². The van der Waals surface area contributed by atoms with Crippen LogP contribution in [-0.4, -0.2) is 55.2 Å². The molecule has 2 N–H and O–H groups in total. The zero-order valence-electron chi connectivity index (χ0n) is 16.6. The Labute approximate surface area is 171 Å². The third-order valence-corrected chi connectivity index (χ3v) is 6.56. The molecular formula is C21H31FN4OS. The number of halogens is 1. The Morgan fingerprint density at radius 3 is 2.71 bits per heavy atom. The fraction of sp³-hybridized carbons (Fsp3) is 0.619. The molecule has 1 aliphatic carbocycles. The zero-order valence-corrected chi connectivity index (χ0v) is 17.4. The summed E-state index contributed by atoms with van der Waals surface area (Å²) in [5.74, 6) is 2.17. The quantitative estimate of drug-likeness (QED) is 0.316. The molecule has 0 aromatic heterocycles. The van der Waals surface area contributed by atoms with Crippen LogP contribution in [0.15, 0.2) is 34.2 Å². The number of thioether (sulfide) groups is 1. The highest BCUT2D eigenvalue weighted by Gasteiger charge is 2.32. The number of nitrogens with zero attached hydrogens (tertiary/aromatic N) is 2. The molecule has 1 amide bonds. The molecule has 3 rings (SSSR count). The van der Waals surface area contributed by atoms with E-state index in [2.05, 4.69) is 15.6 Å². The first-order valence-electron chi connectivity index (χ1n) is 10.3. The van der Waals surface area contributed by atoms with E-state index in [4.69, 9.17) is 0 Å². The predicted octanol–water partition coefficient (Wildman–Crippen LogP) is 3.26. The second-order valence-electron chi connectivity index (χ2n) is 7.55. The van der Waals surface area contributed by atoms with Crippen molar-refractivity contribution in [2.45, 2.75) is 49.5 Å². The Morgan fingerprint density at radius 2 is 2.00 bits per heavy atom. The molecule has 1 aromatic carbocycles. The number of nitrogens with one attached hydrogen (secondary N) is 2. The van der Waals surface area contributed by atoms with Crippen molar-refractivity contribution in [1.29, 1.82) is 0 Å². The highest BCUT2D eigenvalue weighted by Crippen LogP contribution is 2.27. The van der Waals surface area contributed by atoms with Crippen LogP contribution in [0.4, 0.5) is 4.39 Å². The molecule has 2 aliphatic rings. The van der Waals surface area contributed by atoms with Gasteiger partial charge in [-0.05, 0) is 55.7 Å². The Morgan fingerprint density at radius 1 is 1.25 bits per heavy atom. The number of aliphatic imine (C=N–C) groups is 1. The number of hydrogen-bond acceptors (Lipinski definition) is 3. The van der Waals surface area contributed by atoms with Crippen molar-refractivity contribution in [3.8, 4) is 0 Å². The highest BCUT2D eigenvalue weighted by atomic mass is 32.2. The number of rotatable bonds is 7. The largest absolute Gasteiger partial charge is 0.356 e. The lowest BCUT2D eigenvalue weighted by Gasteiger charge is -2.21. The van der Waals surface area contributed by atoms with Gasteiger partial charge < -0.3 is 15.5 Å². The summed E-state index contributed by atoms with van der Waals surface area (Å²) in [6.07, 6.45) is 6.47. The molecule has 1 aromatic rings. The van der Waals surface area contributed by atoms with Gasteiger partial charge in [-0.15, -0.1) is 11.8 Å². The number of amides is 1. The summed E-state index contributed by atoms with van der Waals surface area (Å²) < 4.78 is 12.9. The van der Waals surface area contributed by atoms with Gasteiger partial charge in [-0.1, -0.05) is 12.8 Å². The van der Waals surface area contributed by atoms with Gasteiger partial charge in [0.15, 0.2) is 5.96 Å². The Hall–Kier alpha value is -1.76. The van der Waals surface area contributed by atoms with Crippen LogP contribution in [0, 0.1) is 11.7 Å². The van der Waals surface area contributed by atoms with Gasteiger partial charge in [-0.25, -0.2) is 4.39 Å². The first kappa shape index (κ1) is 21.0. The number of benzene rings is 1. The number of carbonyl (C=O) groups excluding carboxylic acids is 1. The van der Waals surface area contributed by atoms with Crippen LogP contribution >= 0.6 is 11.8 Å². The van der Waals surface area contributed by atoms with Crippen molar-refractivity contribution in [1.82, 2.24) is 15.5 Å². The lowest BCUT2D eigenvalue weighted by Crippen LogP contribution is -2.45. The number of carbonyl (C=O) groups is 1. The van der Waals surface area contributed by atoms with Crippen molar-refractivity contribution in [3.05, 3.63) is 30.1 Å². The first-order valence-corrected chi connectivity index (χ1v) is 11.3. The molecule has 1 unspecified atom stereocenters. The maximum absolute atomic E-state index is 12.9. The van der Waals surface area contributed by atoms with Gasteiger partial charge >= 0.3 is 0 Å². The van der Waals surface area contributed by atoms with E-state index in [1.807, 2.05) is 17.0 Å². The van der Waals surface area contributed by atoms with Crippen molar-refractivity contribution < 1.29 is 9.18 Å². The number of hydrogen-bond donors (Lipinski definition) is 2. The molecule has 1 heterocycles. The van der Waals surface area contributed by atoms with E-state index < -0.39 is 0 Å². The first-order chi connectivity index (χ1) is 13.7. The summed E-state index contributed by atoms with van der Waals surface area (Å²) in [6, 6.07) is 6.88. The van der Waals surface area contributed by atoms with E-state index >= 15 is 0 Å². The van der Waals surface area contributed by atoms with Crippen LogP contribution in [0.1, 0.15) is 38.5 Å². The van der Waals surface area contributed by atoms with Gasteiger partial charge in [0.25, 0.3) is 0 Å². The molecule has 1 aliphatic heterocycles. The summed E-state index contributed by atoms with van der Waals surface area (Å²) in [4.78, 5) is 20.0. The van der Waals surface area contributed by atoms with Crippen molar-refractivity contribution in [2.75, 3.05) is 32.4 Å². The summed E-state index contributed by atoms with van der Waals surface area (Å²) >= 11 is 1.73. The van der Waals surface area contributed by atoms with Gasteiger partial charge in [0.05, 0.1) is 0 Å². The van der Waals surface area contributed by atoms with Crippen LogP contribution in [0.3, 0.4) is 0 Å². The summed E-state index contributed by atoms with van der Waals surface area (Å²) in [7, 11) is 1.78. The van der Waals surface area contributed by atoms with Crippen LogP contribution < -0.4 is 10.6 Å². The Bertz CT molecular complexity index is 661. The lowest BCUT2D eigenvalue weighted by atomic mass is 10.1. The molecule has 7 heteroatoms. The normalized spacial score (nSPS) is 20.6. The zero-order chi connectivity index (χ0) is 19.8. The van der Waals surface area contributed by atoms with Gasteiger partial charge in [0, 0.05) is 43.5 Å². The molecule has 1 saturated carbocycles. The minimum atomic E-state index is -0.198. The minimum absolute atomic E-state index is 0.198. The molecule has 1 saturated heterocycles. The van der Waals surface area contributed by atoms with Crippen molar-refractivity contribution in [3.63, 3.8) is 0 Å². The smallest absolute Gasteiger partial charge is 0.225 e. The molecule has 154 valence electrons. The molecule has 2 fully saturated rings. The molecule has 0 bridgehead atoms. The Balaban J connectivity index is 1.32. The topological polar surface area (TPSA) is 56.7 Å². The van der Waals surface area contributed by atoms with E-state index in [1.54, 1.807) is 18.8 Å². The predicted molar refractivity (Wildman–Crippen MR) is 113 cm³/mol. The minimum Gasteiger partial charge on any atom is -0.356 e. The van der Waals surface area contributed by atoms with Gasteiger partial charge in [0.1, 0.15) is 5.82 Å². The molecule has 28 heavy (non-hydrogen) atoms. The SMILES string of the molecule is CN=C(NCCCSc1ccc(F)cc1)NC1CCN(C(=O)C2CCCC2)C1. The maximum atomic E-state index is 12.9. The average molecular weight is 407 g/mol. The highest BCUT2D eigenvalue weighted by molar-refractivity contribution is 7.99. The molecule has 0 radical (unpaired) electrons. The summed E-state index contributed by atoms with van der Waals surface area (Å²) in [6.45, 7) is 2.44. The van der Waals surface area contributed by atoms with Crippen LogP contribution in [0.25, 0.3) is 0 Å². The molecule has 1 atom stereocenters. The van der Waals surface area contributed by atoms with Crippen molar-refractivity contribution in [2.24, 2.45) is 10.9 Å². The van der Waals surface area contributed by atoms with Gasteiger partial charge in [-0.2, -0.15) is 0 Å². The molecule has 0 spiro atoms. The monoisotopic (exact) mass is 406 g/mol. The van der Waals surface area contributed by atoms with Gasteiger partial charge in [-0.3, -0.25) is 9.79 Å². The summed E-state index contributed by atoms with van der Waals surface area (Å²) in [5.41, 5.74) is 0. The average Bonchev–Trinajstić information content (AvgIpc) is 3.40. The standard InChI is InChI=1S/C21H31FN4OS/c1-23-21(24-12-4-14-28-19-9-7-17(22)8-10-19)25-18-11-13-26(15-18)20(27)16-5-2-3-6-16/h7-10,16,18H,2-6,11-15H2,1H3,(H2,23,24,25). The fourth-order valence-electron chi connectivity index (χ4n) is 3.90. The van der Waals surface area contributed by atoms with E-state index in [9.17, 15) is 9.18 Å². The van der Waals surface area contributed by atoms with Crippen LogP contribution in [0.5, 0.6) is 0 Å². The molecule has 5 nitrogen and oxygen atoms in total. The number of guanidine groups is 1. The second kappa shape index (κ2) is 10.7. The van der Waals surface area contributed by atoms with Crippen LogP contribution in [0.2, 0.25) is 0 Å². The van der Waals surface area contributed by atoms with Crippen LogP contribution in [-0.2, 0) is 4.79 Å². The van der Waals surface area contributed by atoms with Gasteiger partial charge in [0.2, 0.25) is 5.91 Å².